The highest BCUT2D eigenvalue weighted by Crippen LogP contribution is 2.22. The van der Waals surface area contributed by atoms with Gasteiger partial charge in [-0.05, 0) is 24.3 Å². The normalized spacial score (nSPS) is 21.8. The molecule has 0 saturated carbocycles. The topological polar surface area (TPSA) is 78.9 Å². The van der Waals surface area contributed by atoms with E-state index in [9.17, 15) is 9.59 Å². The van der Waals surface area contributed by atoms with E-state index < -0.39 is 18.0 Å². The fourth-order valence-corrected chi connectivity index (χ4v) is 2.28. The maximum atomic E-state index is 12.1. The Morgan fingerprint density at radius 1 is 1.40 bits per heavy atom. The maximum Gasteiger partial charge on any atom is 0.326 e. The summed E-state index contributed by atoms with van der Waals surface area (Å²) in [5, 5.41) is 12.4. The van der Waals surface area contributed by atoms with Gasteiger partial charge in [-0.2, -0.15) is 0 Å². The van der Waals surface area contributed by atoms with Crippen molar-refractivity contribution in [1.29, 1.82) is 0 Å². The number of nitrogens with zero attached hydrogens (tertiary/aromatic N) is 1. The SMILES string of the molecule is CO[C@H]1C[C@@H](C(=O)O)N(C(=O)Nc2ccc(Cl)cc2)C1. The molecule has 1 heterocycles. The lowest BCUT2D eigenvalue weighted by molar-refractivity contribution is -0.141. The predicted molar refractivity (Wildman–Crippen MR) is 74.0 cm³/mol. The van der Waals surface area contributed by atoms with Crippen molar-refractivity contribution < 1.29 is 19.4 Å². The standard InChI is InChI=1S/C13H15ClN2O4/c1-20-10-6-11(12(17)18)16(7-10)13(19)15-9-4-2-8(14)3-5-9/h2-5,10-11H,6-7H2,1H3,(H,15,19)(H,17,18)/t10-,11-/m0/s1. The molecule has 20 heavy (non-hydrogen) atoms. The van der Waals surface area contributed by atoms with Gasteiger partial charge in [-0.15, -0.1) is 0 Å². The van der Waals surface area contributed by atoms with Gasteiger partial charge in [-0.1, -0.05) is 11.6 Å². The number of ether oxygens (including phenoxy) is 1. The molecule has 0 radical (unpaired) electrons. The Bertz CT molecular complexity index is 506. The molecule has 1 saturated heterocycles. The second-order valence-electron chi connectivity index (χ2n) is 4.54. The van der Waals surface area contributed by atoms with Crippen molar-refractivity contribution in [3.8, 4) is 0 Å². The molecule has 1 fully saturated rings. The summed E-state index contributed by atoms with van der Waals surface area (Å²) < 4.78 is 5.14. The van der Waals surface area contributed by atoms with Crippen molar-refractivity contribution in [2.75, 3.05) is 19.0 Å². The highest BCUT2D eigenvalue weighted by Gasteiger charge is 2.39. The Morgan fingerprint density at radius 3 is 2.60 bits per heavy atom. The Kier molecular flexibility index (Phi) is 4.46. The third-order valence-corrected chi connectivity index (χ3v) is 3.49. The molecular formula is C13H15ClN2O4. The number of carboxylic acids is 1. The molecule has 0 bridgehead atoms. The van der Waals surface area contributed by atoms with Crippen molar-refractivity contribution in [3.63, 3.8) is 0 Å². The van der Waals surface area contributed by atoms with E-state index in [1.807, 2.05) is 0 Å². The molecule has 1 aromatic carbocycles. The number of amides is 2. The Balaban J connectivity index is 2.07. The lowest BCUT2D eigenvalue weighted by Crippen LogP contribution is -2.43. The molecule has 108 valence electrons. The number of likely N-dealkylation sites (tertiary alicyclic amines) is 1. The average Bonchev–Trinajstić information content (AvgIpc) is 2.86. The van der Waals surface area contributed by atoms with Crippen LogP contribution in [0, 0.1) is 0 Å². The van der Waals surface area contributed by atoms with Crippen LogP contribution in [0.1, 0.15) is 6.42 Å². The fraction of sp³-hybridized carbons (Fsp3) is 0.385. The first-order valence-electron chi connectivity index (χ1n) is 6.10. The van der Waals surface area contributed by atoms with Crippen molar-refractivity contribution in [2.24, 2.45) is 0 Å². The Labute approximate surface area is 121 Å². The van der Waals surface area contributed by atoms with E-state index in [0.29, 0.717) is 17.1 Å². The van der Waals surface area contributed by atoms with Crippen molar-refractivity contribution >= 4 is 29.3 Å². The zero-order valence-electron chi connectivity index (χ0n) is 10.9. The zero-order valence-corrected chi connectivity index (χ0v) is 11.6. The van der Waals surface area contributed by atoms with Crippen LogP contribution in [0.3, 0.4) is 0 Å². The van der Waals surface area contributed by atoms with E-state index >= 15 is 0 Å². The number of halogens is 1. The van der Waals surface area contributed by atoms with Crippen LogP contribution in [0.15, 0.2) is 24.3 Å². The molecule has 0 unspecified atom stereocenters. The molecule has 0 spiro atoms. The first-order valence-corrected chi connectivity index (χ1v) is 6.48. The molecule has 7 heteroatoms. The van der Waals surface area contributed by atoms with Gasteiger partial charge in [0.25, 0.3) is 0 Å². The largest absolute Gasteiger partial charge is 0.480 e. The van der Waals surface area contributed by atoms with Crippen LogP contribution in [0.25, 0.3) is 0 Å². The van der Waals surface area contributed by atoms with Gasteiger partial charge >= 0.3 is 12.0 Å². The minimum atomic E-state index is -1.03. The van der Waals surface area contributed by atoms with E-state index in [-0.39, 0.29) is 12.6 Å². The number of carboxylic acid groups (broad SMARTS) is 1. The monoisotopic (exact) mass is 298 g/mol. The molecule has 1 aromatic rings. The van der Waals surface area contributed by atoms with Gasteiger partial charge < -0.3 is 20.1 Å². The zero-order chi connectivity index (χ0) is 14.7. The second-order valence-corrected chi connectivity index (χ2v) is 4.97. The number of urea groups is 1. The predicted octanol–water partition coefficient (Wildman–Crippen LogP) is 2.05. The summed E-state index contributed by atoms with van der Waals surface area (Å²) in [4.78, 5) is 24.6. The van der Waals surface area contributed by atoms with E-state index in [4.69, 9.17) is 21.4 Å². The Hall–Kier alpha value is -1.79. The lowest BCUT2D eigenvalue weighted by Gasteiger charge is -2.21. The van der Waals surface area contributed by atoms with Crippen LogP contribution >= 0.6 is 11.6 Å². The molecule has 0 aliphatic carbocycles. The lowest BCUT2D eigenvalue weighted by atomic mass is 10.2. The van der Waals surface area contributed by atoms with Crippen molar-refractivity contribution in [2.45, 2.75) is 18.6 Å². The van der Waals surface area contributed by atoms with Crippen molar-refractivity contribution in [3.05, 3.63) is 29.3 Å². The minimum absolute atomic E-state index is 0.257. The number of rotatable bonds is 3. The van der Waals surface area contributed by atoms with Gasteiger partial charge in [0.15, 0.2) is 0 Å². The average molecular weight is 299 g/mol. The third kappa shape index (κ3) is 3.20. The molecule has 2 rings (SSSR count). The summed E-state index contributed by atoms with van der Waals surface area (Å²) in [6.45, 7) is 0.257. The molecule has 0 aromatic heterocycles. The smallest absolute Gasteiger partial charge is 0.326 e. The van der Waals surface area contributed by atoms with Crippen LogP contribution in [0.5, 0.6) is 0 Å². The first-order chi connectivity index (χ1) is 9.51. The number of hydrogen-bond donors (Lipinski definition) is 2. The third-order valence-electron chi connectivity index (χ3n) is 3.24. The summed E-state index contributed by atoms with van der Waals surface area (Å²) in [7, 11) is 1.50. The van der Waals surface area contributed by atoms with Gasteiger partial charge in [-0.25, -0.2) is 9.59 Å². The maximum absolute atomic E-state index is 12.1. The summed E-state index contributed by atoms with van der Waals surface area (Å²) in [6, 6.07) is 5.27. The number of aliphatic carboxylic acids is 1. The first kappa shape index (κ1) is 14.6. The molecule has 2 amide bonds. The number of carbonyl (C=O) groups is 2. The number of benzene rings is 1. The quantitative estimate of drug-likeness (QED) is 0.895. The number of nitrogens with one attached hydrogen (secondary N) is 1. The molecule has 2 atom stereocenters. The number of methoxy groups -OCH3 is 1. The van der Waals surface area contributed by atoms with Crippen LogP contribution in [-0.4, -0.2) is 47.8 Å². The minimum Gasteiger partial charge on any atom is -0.480 e. The number of anilines is 1. The Morgan fingerprint density at radius 2 is 2.05 bits per heavy atom. The van der Waals surface area contributed by atoms with Gasteiger partial charge in [0.2, 0.25) is 0 Å². The van der Waals surface area contributed by atoms with Gasteiger partial charge in [-0.3, -0.25) is 0 Å². The summed E-state index contributed by atoms with van der Waals surface area (Å²) >= 11 is 5.76. The van der Waals surface area contributed by atoms with E-state index in [1.54, 1.807) is 24.3 Å². The van der Waals surface area contributed by atoms with Crippen LogP contribution in [-0.2, 0) is 9.53 Å². The molecular weight excluding hydrogens is 284 g/mol. The van der Waals surface area contributed by atoms with Gasteiger partial charge in [0.1, 0.15) is 6.04 Å². The van der Waals surface area contributed by atoms with Crippen molar-refractivity contribution in [1.82, 2.24) is 4.90 Å². The molecule has 2 N–H and O–H groups in total. The van der Waals surface area contributed by atoms with E-state index in [2.05, 4.69) is 5.32 Å². The van der Waals surface area contributed by atoms with E-state index in [0.717, 1.165) is 0 Å². The van der Waals surface area contributed by atoms with Crippen LogP contribution in [0.4, 0.5) is 10.5 Å². The van der Waals surface area contributed by atoms with E-state index in [1.165, 1.54) is 12.0 Å². The summed E-state index contributed by atoms with van der Waals surface area (Å²) in [5.74, 6) is -1.03. The highest BCUT2D eigenvalue weighted by molar-refractivity contribution is 6.30. The number of hydrogen-bond acceptors (Lipinski definition) is 3. The second kappa shape index (κ2) is 6.11. The fourth-order valence-electron chi connectivity index (χ4n) is 2.16. The summed E-state index contributed by atoms with van der Waals surface area (Å²) in [5.41, 5.74) is 0.560. The summed E-state index contributed by atoms with van der Waals surface area (Å²) in [6.07, 6.45) is 0.0342. The molecule has 1 aliphatic heterocycles. The molecule has 6 nitrogen and oxygen atoms in total. The van der Waals surface area contributed by atoms with Gasteiger partial charge in [0, 0.05) is 30.8 Å². The number of carbonyl (C=O) groups excluding carboxylic acids is 1. The van der Waals surface area contributed by atoms with Gasteiger partial charge in [0.05, 0.1) is 6.10 Å². The highest BCUT2D eigenvalue weighted by atomic mass is 35.5. The van der Waals surface area contributed by atoms with Crippen LogP contribution < -0.4 is 5.32 Å². The van der Waals surface area contributed by atoms with Crippen LogP contribution in [0.2, 0.25) is 5.02 Å². The molecule has 1 aliphatic rings.